The van der Waals surface area contributed by atoms with E-state index in [4.69, 9.17) is 0 Å². The fraction of sp³-hybridized carbons (Fsp3) is 0.0588. The third-order valence-corrected chi connectivity index (χ3v) is 3.79. The van der Waals surface area contributed by atoms with Crippen molar-refractivity contribution in [1.29, 1.82) is 0 Å². The van der Waals surface area contributed by atoms with Crippen LogP contribution in [0.1, 0.15) is 22.0 Å². The number of hydrazine groups is 1. The highest BCUT2D eigenvalue weighted by Gasteiger charge is 2.32. The van der Waals surface area contributed by atoms with Gasteiger partial charge in [0.1, 0.15) is 11.9 Å². The van der Waals surface area contributed by atoms with E-state index in [0.717, 1.165) is 21.9 Å². The lowest BCUT2D eigenvalue weighted by Gasteiger charge is -2.14. The van der Waals surface area contributed by atoms with E-state index >= 15 is 0 Å². The molecule has 3 aromatic rings. The summed E-state index contributed by atoms with van der Waals surface area (Å²) in [7, 11) is 0. The van der Waals surface area contributed by atoms with Crippen molar-refractivity contribution in [3.63, 3.8) is 0 Å². The minimum Gasteiger partial charge on any atom is -0.305 e. The molecule has 1 aromatic heterocycles. The Morgan fingerprint density at radius 2 is 1.81 bits per heavy atom. The van der Waals surface area contributed by atoms with E-state index in [9.17, 15) is 4.79 Å². The van der Waals surface area contributed by atoms with E-state index in [-0.39, 0.29) is 11.8 Å². The second-order valence-corrected chi connectivity index (χ2v) is 5.03. The van der Waals surface area contributed by atoms with Crippen molar-refractivity contribution in [2.24, 2.45) is 0 Å². The molecule has 4 rings (SSSR count). The zero-order valence-electron chi connectivity index (χ0n) is 11.2. The molecule has 1 aliphatic rings. The number of anilines is 1. The number of hydrogen-bond donors (Lipinski definition) is 2. The van der Waals surface area contributed by atoms with Crippen LogP contribution in [-0.2, 0) is 0 Å². The summed E-state index contributed by atoms with van der Waals surface area (Å²) in [5, 5.41) is 2.14. The van der Waals surface area contributed by atoms with Crippen LogP contribution in [-0.4, -0.2) is 10.8 Å². The molecule has 0 aliphatic heterocycles. The first-order valence-electron chi connectivity index (χ1n) is 6.83. The zero-order valence-corrected chi connectivity index (χ0v) is 11.2. The van der Waals surface area contributed by atoms with Crippen molar-refractivity contribution in [2.75, 3.05) is 5.43 Å². The van der Waals surface area contributed by atoms with Crippen LogP contribution in [0.3, 0.4) is 0 Å². The number of ketones is 1. The van der Waals surface area contributed by atoms with Crippen LogP contribution in [0.4, 0.5) is 5.82 Å². The number of hydrogen-bond acceptors (Lipinski definition) is 4. The Hall–Kier alpha value is -2.72. The SMILES string of the molecule is O=C1c2cccc3cccc(c23)C1NNc1ccccn1. The Morgan fingerprint density at radius 1 is 0.952 bits per heavy atom. The summed E-state index contributed by atoms with van der Waals surface area (Å²) >= 11 is 0. The molecule has 0 saturated heterocycles. The van der Waals surface area contributed by atoms with Crippen molar-refractivity contribution in [3.05, 3.63) is 71.9 Å². The van der Waals surface area contributed by atoms with Gasteiger partial charge in [-0.1, -0.05) is 42.5 Å². The summed E-state index contributed by atoms with van der Waals surface area (Å²) in [6.45, 7) is 0. The maximum absolute atomic E-state index is 12.6. The first-order chi connectivity index (χ1) is 10.3. The third-order valence-electron chi connectivity index (χ3n) is 3.79. The standard InChI is InChI=1S/C17H13N3O/c21-17-13-8-4-6-11-5-3-7-12(15(11)13)16(17)20-19-14-9-1-2-10-18-14/h1-10,16,20H,(H,18,19). The van der Waals surface area contributed by atoms with Gasteiger partial charge in [0.05, 0.1) is 0 Å². The molecule has 4 heteroatoms. The molecule has 4 nitrogen and oxygen atoms in total. The van der Waals surface area contributed by atoms with Gasteiger partial charge in [-0.3, -0.25) is 4.79 Å². The zero-order chi connectivity index (χ0) is 14.2. The number of nitrogens with zero attached hydrogens (tertiary/aromatic N) is 1. The fourth-order valence-corrected chi connectivity index (χ4v) is 2.84. The molecule has 1 atom stereocenters. The number of carbonyl (C=O) groups is 1. The van der Waals surface area contributed by atoms with Crippen LogP contribution in [0.5, 0.6) is 0 Å². The summed E-state index contributed by atoms with van der Waals surface area (Å²) < 4.78 is 0. The molecule has 0 bridgehead atoms. The third kappa shape index (κ3) is 1.88. The summed E-state index contributed by atoms with van der Waals surface area (Å²) in [6, 6.07) is 17.1. The van der Waals surface area contributed by atoms with Crippen molar-refractivity contribution in [2.45, 2.75) is 6.04 Å². The minimum absolute atomic E-state index is 0.0882. The number of aromatic nitrogens is 1. The Labute approximate surface area is 121 Å². The average Bonchev–Trinajstić information content (AvgIpc) is 2.81. The molecule has 0 spiro atoms. The predicted molar refractivity (Wildman–Crippen MR) is 82.0 cm³/mol. The highest BCUT2D eigenvalue weighted by atomic mass is 16.1. The van der Waals surface area contributed by atoms with E-state index in [1.165, 1.54) is 0 Å². The minimum atomic E-state index is -0.381. The predicted octanol–water partition coefficient (Wildman–Crippen LogP) is 3.09. The Kier molecular flexibility index (Phi) is 2.69. The van der Waals surface area contributed by atoms with E-state index in [2.05, 4.69) is 15.8 Å². The molecule has 2 N–H and O–H groups in total. The lowest BCUT2D eigenvalue weighted by molar-refractivity contribution is 0.0956. The van der Waals surface area contributed by atoms with Gasteiger partial charge in [0.2, 0.25) is 0 Å². The van der Waals surface area contributed by atoms with E-state index < -0.39 is 0 Å². The molecule has 21 heavy (non-hydrogen) atoms. The van der Waals surface area contributed by atoms with Gasteiger partial charge >= 0.3 is 0 Å². The van der Waals surface area contributed by atoms with Gasteiger partial charge in [0, 0.05) is 11.8 Å². The van der Waals surface area contributed by atoms with Crippen molar-refractivity contribution < 1.29 is 4.79 Å². The topological polar surface area (TPSA) is 54.0 Å². The first kappa shape index (κ1) is 12.1. The van der Waals surface area contributed by atoms with E-state index in [1.54, 1.807) is 6.20 Å². The Balaban J connectivity index is 1.70. The lowest BCUT2D eigenvalue weighted by Crippen LogP contribution is -2.30. The Morgan fingerprint density at radius 3 is 2.62 bits per heavy atom. The van der Waals surface area contributed by atoms with Crippen molar-refractivity contribution in [3.8, 4) is 0 Å². The lowest BCUT2D eigenvalue weighted by atomic mass is 10.1. The molecule has 1 aliphatic carbocycles. The number of Topliss-reactive ketones (excluding diaryl/α,β-unsaturated/α-hetero) is 1. The Bertz CT molecular complexity index is 825. The number of carbonyl (C=O) groups excluding carboxylic acids is 1. The van der Waals surface area contributed by atoms with E-state index in [0.29, 0.717) is 5.82 Å². The largest absolute Gasteiger partial charge is 0.305 e. The quantitative estimate of drug-likeness (QED) is 0.721. The maximum Gasteiger partial charge on any atom is 0.186 e. The van der Waals surface area contributed by atoms with Crippen LogP contribution < -0.4 is 10.9 Å². The van der Waals surface area contributed by atoms with Crippen LogP contribution in [0.15, 0.2) is 60.8 Å². The normalized spacial score (nSPS) is 16.4. The second kappa shape index (κ2) is 4.68. The van der Waals surface area contributed by atoms with Gasteiger partial charge in [-0.05, 0) is 28.5 Å². The summed E-state index contributed by atoms with van der Waals surface area (Å²) in [6.07, 6.45) is 1.70. The van der Waals surface area contributed by atoms with Gasteiger partial charge in [0.15, 0.2) is 5.78 Å². The van der Waals surface area contributed by atoms with Crippen LogP contribution >= 0.6 is 0 Å². The summed E-state index contributed by atoms with van der Waals surface area (Å²) in [5.41, 5.74) is 7.90. The number of nitrogens with one attached hydrogen (secondary N) is 2. The summed E-state index contributed by atoms with van der Waals surface area (Å²) in [5.74, 6) is 0.777. The van der Waals surface area contributed by atoms with Gasteiger partial charge in [0.25, 0.3) is 0 Å². The van der Waals surface area contributed by atoms with E-state index in [1.807, 2.05) is 54.6 Å². The summed E-state index contributed by atoms with van der Waals surface area (Å²) in [4.78, 5) is 16.8. The first-order valence-corrected chi connectivity index (χ1v) is 6.83. The van der Waals surface area contributed by atoms with Gasteiger partial charge in [-0.25, -0.2) is 10.4 Å². The number of benzene rings is 2. The molecule has 0 radical (unpaired) electrons. The fourth-order valence-electron chi connectivity index (χ4n) is 2.84. The molecule has 1 unspecified atom stereocenters. The molecular formula is C17H13N3O. The van der Waals surface area contributed by atoms with Gasteiger partial charge in [-0.2, -0.15) is 0 Å². The molecule has 1 heterocycles. The number of rotatable bonds is 3. The molecule has 102 valence electrons. The molecular weight excluding hydrogens is 262 g/mol. The highest BCUT2D eigenvalue weighted by Crippen LogP contribution is 2.36. The molecule has 0 amide bonds. The second-order valence-electron chi connectivity index (χ2n) is 5.03. The van der Waals surface area contributed by atoms with Crippen molar-refractivity contribution >= 4 is 22.4 Å². The smallest absolute Gasteiger partial charge is 0.186 e. The van der Waals surface area contributed by atoms with Gasteiger partial charge in [-0.15, -0.1) is 0 Å². The molecule has 0 fully saturated rings. The van der Waals surface area contributed by atoms with Crippen LogP contribution in [0, 0.1) is 0 Å². The monoisotopic (exact) mass is 275 g/mol. The molecule has 0 saturated carbocycles. The van der Waals surface area contributed by atoms with Crippen LogP contribution in [0.2, 0.25) is 0 Å². The van der Waals surface area contributed by atoms with Gasteiger partial charge < -0.3 is 5.43 Å². The molecule has 2 aromatic carbocycles. The highest BCUT2D eigenvalue weighted by molar-refractivity contribution is 6.17. The maximum atomic E-state index is 12.6. The van der Waals surface area contributed by atoms with Crippen molar-refractivity contribution in [1.82, 2.24) is 10.4 Å². The average molecular weight is 275 g/mol. The number of pyridine rings is 1. The van der Waals surface area contributed by atoms with Crippen LogP contribution in [0.25, 0.3) is 10.8 Å².